The molecule has 2 amide bonds. The fourth-order valence-electron chi connectivity index (χ4n) is 5.51. The van der Waals surface area contributed by atoms with Crippen LogP contribution in [0.25, 0.3) is 0 Å². The van der Waals surface area contributed by atoms with Gasteiger partial charge >= 0.3 is 0 Å². The zero-order valence-corrected chi connectivity index (χ0v) is 22.1. The van der Waals surface area contributed by atoms with Crippen molar-refractivity contribution in [1.29, 1.82) is 0 Å². The third-order valence-electron chi connectivity index (χ3n) is 7.60. The van der Waals surface area contributed by atoms with Gasteiger partial charge in [-0.3, -0.25) is 14.5 Å². The minimum Gasteiger partial charge on any atom is -0.341 e. The molecule has 188 valence electrons. The third-order valence-corrected chi connectivity index (χ3v) is 8.59. The quantitative estimate of drug-likeness (QED) is 0.490. The lowest BCUT2D eigenvalue weighted by Gasteiger charge is -2.37. The highest BCUT2D eigenvalue weighted by Gasteiger charge is 2.31. The first kappa shape index (κ1) is 24.7. The Morgan fingerprint density at radius 1 is 0.861 bits per heavy atom. The van der Waals surface area contributed by atoms with E-state index in [-0.39, 0.29) is 17.9 Å². The van der Waals surface area contributed by atoms with Crippen molar-refractivity contribution in [2.45, 2.75) is 39.2 Å². The molecule has 1 atom stereocenters. The van der Waals surface area contributed by atoms with Crippen LogP contribution >= 0.6 is 11.3 Å². The van der Waals surface area contributed by atoms with Crippen LogP contribution in [-0.2, 0) is 11.2 Å². The Balaban J connectivity index is 1.22. The van der Waals surface area contributed by atoms with Gasteiger partial charge in [0, 0.05) is 56.1 Å². The highest BCUT2D eigenvalue weighted by Crippen LogP contribution is 2.38. The zero-order chi connectivity index (χ0) is 25.1. The van der Waals surface area contributed by atoms with Crippen LogP contribution in [0.1, 0.15) is 56.4 Å². The monoisotopic (exact) mass is 501 g/mol. The van der Waals surface area contributed by atoms with E-state index in [2.05, 4.69) is 47.5 Å². The number of rotatable bonds is 5. The summed E-state index contributed by atoms with van der Waals surface area (Å²) in [5.74, 6) is 0.254. The summed E-state index contributed by atoms with van der Waals surface area (Å²) < 4.78 is 0. The van der Waals surface area contributed by atoms with Crippen molar-refractivity contribution in [3.05, 3.63) is 92.7 Å². The van der Waals surface area contributed by atoms with Gasteiger partial charge in [0.15, 0.2) is 0 Å². The molecule has 2 aliphatic heterocycles. The molecule has 0 saturated carbocycles. The molecule has 0 spiro atoms. The number of carbonyl (C=O) groups is 2. The molecule has 36 heavy (non-hydrogen) atoms. The van der Waals surface area contributed by atoms with Crippen molar-refractivity contribution in [1.82, 2.24) is 14.7 Å². The molecule has 0 bridgehead atoms. The van der Waals surface area contributed by atoms with Crippen molar-refractivity contribution in [2.75, 3.05) is 39.3 Å². The number of nitrogens with zero attached hydrogens (tertiary/aromatic N) is 3. The van der Waals surface area contributed by atoms with Crippen LogP contribution in [-0.4, -0.2) is 65.8 Å². The van der Waals surface area contributed by atoms with Gasteiger partial charge in [0.2, 0.25) is 5.91 Å². The summed E-state index contributed by atoms with van der Waals surface area (Å²) in [6.07, 6.45) is 2.37. The van der Waals surface area contributed by atoms with Crippen LogP contribution in [0, 0.1) is 13.8 Å². The Kier molecular flexibility index (Phi) is 7.54. The molecule has 0 N–H and O–H groups in total. The highest BCUT2D eigenvalue weighted by atomic mass is 32.1. The Morgan fingerprint density at radius 2 is 1.61 bits per heavy atom. The molecular formula is C30H35N3O2S. The Morgan fingerprint density at radius 3 is 2.42 bits per heavy atom. The predicted octanol–water partition coefficient (Wildman–Crippen LogP) is 5.08. The fourth-order valence-corrected chi connectivity index (χ4v) is 6.42. The van der Waals surface area contributed by atoms with Crippen LogP contribution in [0.2, 0.25) is 0 Å². The molecule has 0 aliphatic carbocycles. The standard InChI is InChI=1S/C30H35N3O2S/c1-22-8-10-24(11-9-22)30(35)33-16-5-15-31(19-20-33)28(34)13-18-32-17-12-27-26(14-21-36-27)29(32)25-7-4-3-6-23(25)2/h3-4,6-11,14,21,29H,5,12-13,15-20H2,1-2H3. The van der Waals surface area contributed by atoms with E-state index < -0.39 is 0 Å². The molecule has 5 nitrogen and oxygen atoms in total. The van der Waals surface area contributed by atoms with Crippen molar-refractivity contribution >= 4 is 23.2 Å². The number of benzene rings is 2. The molecule has 6 heteroatoms. The molecular weight excluding hydrogens is 466 g/mol. The van der Waals surface area contributed by atoms with Gasteiger partial charge in [-0.15, -0.1) is 11.3 Å². The van der Waals surface area contributed by atoms with Crippen LogP contribution in [0.5, 0.6) is 0 Å². The first-order chi connectivity index (χ1) is 17.5. The van der Waals surface area contributed by atoms with E-state index in [0.717, 1.165) is 37.1 Å². The van der Waals surface area contributed by atoms with E-state index in [1.165, 1.54) is 21.6 Å². The first-order valence-corrected chi connectivity index (χ1v) is 13.9. The number of carbonyl (C=O) groups excluding carboxylic acids is 2. The van der Waals surface area contributed by atoms with Crippen LogP contribution in [0.3, 0.4) is 0 Å². The maximum atomic E-state index is 13.3. The number of amides is 2. The van der Waals surface area contributed by atoms with E-state index >= 15 is 0 Å². The van der Waals surface area contributed by atoms with Gasteiger partial charge in [-0.1, -0.05) is 42.0 Å². The molecule has 3 heterocycles. The van der Waals surface area contributed by atoms with E-state index in [1.807, 2.05) is 52.3 Å². The molecule has 1 aromatic heterocycles. The molecule has 2 aliphatic rings. The summed E-state index contributed by atoms with van der Waals surface area (Å²) in [6, 6.07) is 18.8. The van der Waals surface area contributed by atoms with Crippen LogP contribution < -0.4 is 0 Å². The summed E-state index contributed by atoms with van der Waals surface area (Å²) >= 11 is 1.85. The van der Waals surface area contributed by atoms with Gasteiger partial charge in [-0.2, -0.15) is 0 Å². The van der Waals surface area contributed by atoms with E-state index in [9.17, 15) is 9.59 Å². The Labute approximate surface area is 218 Å². The summed E-state index contributed by atoms with van der Waals surface area (Å²) in [6.45, 7) is 8.52. The number of hydrogen-bond donors (Lipinski definition) is 0. The van der Waals surface area contributed by atoms with Crippen molar-refractivity contribution in [2.24, 2.45) is 0 Å². The third kappa shape index (κ3) is 5.25. The van der Waals surface area contributed by atoms with Gasteiger partial charge in [0.05, 0.1) is 6.04 Å². The van der Waals surface area contributed by atoms with Crippen LogP contribution in [0.15, 0.2) is 60.0 Å². The second-order valence-corrected chi connectivity index (χ2v) is 11.0. The van der Waals surface area contributed by atoms with Gasteiger partial charge < -0.3 is 9.80 Å². The van der Waals surface area contributed by atoms with Crippen molar-refractivity contribution in [3.63, 3.8) is 0 Å². The zero-order valence-electron chi connectivity index (χ0n) is 21.3. The van der Waals surface area contributed by atoms with Gasteiger partial charge in [0.25, 0.3) is 5.91 Å². The normalized spacial score (nSPS) is 18.6. The second-order valence-electron chi connectivity index (χ2n) is 9.99. The molecule has 3 aromatic rings. The Hall–Kier alpha value is -2.96. The lowest BCUT2D eigenvalue weighted by Crippen LogP contribution is -2.41. The summed E-state index contributed by atoms with van der Waals surface area (Å²) in [7, 11) is 0. The topological polar surface area (TPSA) is 43.9 Å². The fraction of sp³-hybridized carbons (Fsp3) is 0.400. The summed E-state index contributed by atoms with van der Waals surface area (Å²) in [4.78, 5) is 34.1. The van der Waals surface area contributed by atoms with E-state index in [1.54, 1.807) is 0 Å². The van der Waals surface area contributed by atoms with Crippen molar-refractivity contribution < 1.29 is 9.59 Å². The number of aryl methyl sites for hydroxylation is 2. The molecule has 5 rings (SSSR count). The maximum Gasteiger partial charge on any atom is 0.253 e. The SMILES string of the molecule is Cc1ccc(C(=O)N2CCCN(C(=O)CCN3CCc4sccc4C3c3ccccc3C)CC2)cc1. The summed E-state index contributed by atoms with van der Waals surface area (Å²) in [5.41, 5.74) is 5.90. The molecule has 2 aromatic carbocycles. The molecule has 0 radical (unpaired) electrons. The highest BCUT2D eigenvalue weighted by molar-refractivity contribution is 7.10. The summed E-state index contributed by atoms with van der Waals surface area (Å²) in [5, 5.41) is 2.20. The molecule has 1 saturated heterocycles. The largest absolute Gasteiger partial charge is 0.341 e. The van der Waals surface area contributed by atoms with Gasteiger partial charge in [-0.05, 0) is 67.0 Å². The number of fused-ring (bicyclic) bond motifs is 1. The first-order valence-electron chi connectivity index (χ1n) is 13.0. The predicted molar refractivity (Wildman–Crippen MR) is 146 cm³/mol. The lowest BCUT2D eigenvalue weighted by molar-refractivity contribution is -0.131. The lowest BCUT2D eigenvalue weighted by atomic mass is 9.90. The molecule has 1 fully saturated rings. The Bertz CT molecular complexity index is 1220. The van der Waals surface area contributed by atoms with Crippen LogP contribution in [0.4, 0.5) is 0 Å². The van der Waals surface area contributed by atoms with E-state index in [0.29, 0.717) is 32.6 Å². The van der Waals surface area contributed by atoms with Gasteiger partial charge in [0.1, 0.15) is 0 Å². The minimum absolute atomic E-state index is 0.0604. The average Bonchev–Trinajstić information content (AvgIpc) is 3.23. The minimum atomic E-state index is 0.0604. The average molecular weight is 502 g/mol. The maximum absolute atomic E-state index is 13.3. The van der Waals surface area contributed by atoms with Crippen molar-refractivity contribution in [3.8, 4) is 0 Å². The van der Waals surface area contributed by atoms with Gasteiger partial charge in [-0.25, -0.2) is 0 Å². The number of hydrogen-bond acceptors (Lipinski definition) is 4. The second kappa shape index (κ2) is 11.0. The smallest absolute Gasteiger partial charge is 0.253 e. The number of thiophene rings is 1. The van der Waals surface area contributed by atoms with E-state index in [4.69, 9.17) is 0 Å². The molecule has 1 unspecified atom stereocenters.